The third-order valence-corrected chi connectivity index (χ3v) is 26.0. The molecule has 4 aliphatic rings. The number of aromatic nitrogens is 14. The number of H-pyrrole nitrogens is 4. The number of hydrogen-bond acceptors (Lipinski definition) is 18. The van der Waals surface area contributed by atoms with Crippen molar-refractivity contribution < 1.29 is 28.0 Å². The van der Waals surface area contributed by atoms with Gasteiger partial charge >= 0.3 is 0 Å². The molecule has 4 fully saturated rings. The first kappa shape index (κ1) is 81.8. The van der Waals surface area contributed by atoms with Gasteiger partial charge in [0.25, 0.3) is 0 Å². The van der Waals surface area contributed by atoms with Gasteiger partial charge in [0.1, 0.15) is 28.9 Å². The van der Waals surface area contributed by atoms with E-state index in [9.17, 15) is 19.2 Å². The fourth-order valence-corrected chi connectivity index (χ4v) is 19.4. The predicted octanol–water partition coefficient (Wildman–Crippen LogP) is 16.9. The van der Waals surface area contributed by atoms with Crippen LogP contribution in [-0.2, 0) is 19.2 Å². The second-order valence-corrected chi connectivity index (χ2v) is 33.2. The number of rotatable bonds is 12. The number of aryl methyl sites for hydroxylation is 4. The van der Waals surface area contributed by atoms with Crippen LogP contribution in [0.25, 0.3) is 120 Å². The van der Waals surface area contributed by atoms with Gasteiger partial charge < -0.3 is 39.2 Å². The van der Waals surface area contributed by atoms with Crippen molar-refractivity contribution in [1.82, 2.24) is 87.9 Å². The van der Waals surface area contributed by atoms with E-state index in [0.717, 1.165) is 165 Å². The predicted molar refractivity (Wildman–Crippen MR) is 485 cm³/mol. The van der Waals surface area contributed by atoms with Crippen LogP contribution in [0.1, 0.15) is 22.3 Å². The van der Waals surface area contributed by atoms with Crippen LogP contribution < -0.4 is 19.6 Å². The summed E-state index contributed by atoms with van der Waals surface area (Å²) in [6, 6.07) is 23.9. The number of benzene rings is 6. The molecule has 6 aromatic carbocycles. The zero-order chi connectivity index (χ0) is 85.1. The molecule has 4 aliphatic heterocycles. The molecular weight excluding hydrogens is 1670 g/mol. The highest BCUT2D eigenvalue weighted by Crippen LogP contribution is 2.47. The molecule has 10 aromatic heterocycles. The minimum absolute atomic E-state index is 0.0192. The van der Waals surface area contributed by atoms with Crippen molar-refractivity contribution in [2.24, 2.45) is 0 Å². The van der Waals surface area contributed by atoms with Crippen LogP contribution in [0.3, 0.4) is 0 Å². The van der Waals surface area contributed by atoms with Gasteiger partial charge in [-0.15, -0.1) is 0 Å². The Kier molecular flexibility index (Phi) is 22.9. The number of nitrogens with zero attached hydrogens (tertiary/aromatic N) is 18. The second-order valence-electron chi connectivity index (χ2n) is 30.0. The van der Waals surface area contributed by atoms with Crippen LogP contribution in [0.5, 0.6) is 0 Å². The normalized spacial score (nSPS) is 14.6. The van der Waals surface area contributed by atoms with Crippen molar-refractivity contribution in [2.75, 3.05) is 124 Å². The van der Waals surface area contributed by atoms with Gasteiger partial charge in [-0.25, -0.2) is 18.7 Å². The third kappa shape index (κ3) is 15.1. The molecule has 26 nitrogen and oxygen atoms in total. The van der Waals surface area contributed by atoms with Gasteiger partial charge in [0.05, 0.1) is 83.7 Å². The van der Waals surface area contributed by atoms with E-state index in [1.807, 2.05) is 101 Å². The minimum atomic E-state index is -0.476. The van der Waals surface area contributed by atoms with Crippen LogP contribution in [-0.4, -0.2) is 216 Å². The monoisotopic (exact) mass is 1750 g/mol. The summed E-state index contributed by atoms with van der Waals surface area (Å²) in [6.07, 6.45) is 19.6. The van der Waals surface area contributed by atoms with Gasteiger partial charge in [0.2, 0.25) is 23.6 Å². The van der Waals surface area contributed by atoms with Crippen molar-refractivity contribution in [3.63, 3.8) is 0 Å². The van der Waals surface area contributed by atoms with Crippen LogP contribution >= 0.6 is 69.5 Å². The number of halogens is 6. The molecule has 0 bridgehead atoms. The largest absolute Gasteiger partial charge is 0.353 e. The van der Waals surface area contributed by atoms with Crippen LogP contribution in [0.15, 0.2) is 173 Å². The van der Waals surface area contributed by atoms with E-state index in [1.165, 1.54) is 35.8 Å². The summed E-state index contributed by atoms with van der Waals surface area (Å²) in [5, 5.41) is 35.9. The number of fused-ring (bicyclic) bond motifs is 8. The molecular formula is C88H80Cl4F2N22O4S2. The van der Waals surface area contributed by atoms with E-state index in [4.69, 9.17) is 50.8 Å². The van der Waals surface area contributed by atoms with Crippen molar-refractivity contribution in [3.8, 4) is 44.5 Å². The van der Waals surface area contributed by atoms with E-state index >= 15 is 8.78 Å². The van der Waals surface area contributed by atoms with E-state index in [-0.39, 0.29) is 35.1 Å². The maximum Gasteiger partial charge on any atom is 0.246 e. The Morgan fingerprint density at radius 2 is 0.754 bits per heavy atom. The molecule has 14 heterocycles. The number of pyridine rings is 2. The molecule has 4 saturated heterocycles. The number of aromatic amines is 4. The fourth-order valence-electron chi connectivity index (χ4n) is 16.7. The van der Waals surface area contributed by atoms with E-state index in [2.05, 4.69) is 133 Å². The molecule has 0 aliphatic carbocycles. The van der Waals surface area contributed by atoms with E-state index in [1.54, 1.807) is 45.1 Å². The quantitative estimate of drug-likeness (QED) is 0.0828. The molecule has 34 heteroatoms. The van der Waals surface area contributed by atoms with Crippen LogP contribution in [0.2, 0.25) is 20.1 Å². The topological polar surface area (TPSA) is 269 Å². The fraction of sp³-hybridized carbons (Fsp3) is 0.227. The lowest BCUT2D eigenvalue weighted by Crippen LogP contribution is -2.48. The number of hydrogen-bond donors (Lipinski definition) is 4. The van der Waals surface area contributed by atoms with Gasteiger partial charge in [-0.2, -0.15) is 29.1 Å². The molecule has 0 radical (unpaired) electrons. The molecule has 122 heavy (non-hydrogen) atoms. The third-order valence-electron chi connectivity index (χ3n) is 23.1. The van der Waals surface area contributed by atoms with Crippen molar-refractivity contribution >= 4 is 191 Å². The summed E-state index contributed by atoms with van der Waals surface area (Å²) in [4.78, 5) is 72.1. The van der Waals surface area contributed by atoms with Crippen LogP contribution in [0.4, 0.5) is 32.1 Å². The van der Waals surface area contributed by atoms with Gasteiger partial charge in [-0.05, 0) is 157 Å². The number of amides is 4. The Labute approximate surface area is 725 Å². The lowest BCUT2D eigenvalue weighted by atomic mass is 9.96. The zero-order valence-corrected chi connectivity index (χ0v) is 71.4. The number of carbonyl (C=O) groups is 4. The molecule has 620 valence electrons. The van der Waals surface area contributed by atoms with E-state index < -0.39 is 5.82 Å². The lowest BCUT2D eigenvalue weighted by molar-refractivity contribution is -0.127. The smallest absolute Gasteiger partial charge is 0.246 e. The van der Waals surface area contributed by atoms with Crippen molar-refractivity contribution in [3.05, 3.63) is 227 Å². The first-order chi connectivity index (χ1) is 59.1. The molecule has 0 spiro atoms. The number of imidazole rings is 2. The van der Waals surface area contributed by atoms with Gasteiger partial charge in [-0.1, -0.05) is 97.0 Å². The SMILES string of the molecule is C=CC(=O)N1CCN(c2cnc3c(F)c(-c4c(C)ccc5[nH]ncc45)c(Cl)cn23)CC1.C=CC(=O)N1CCN(c2cnc3cc(-c4c(C)ccc5[nH]ncc45)c(Cl)cn23)CC1.C=CC(=O)N1CCN(c2nsc3c(F)c(-c4c(C)ccc5[nH]ncc45)c(Cl)cc23)CC1.C=CC(=O)N1CCN(c2nsc3cc(-c4c(C)ccc5[nH]ncc45)c(Cl)cc23)CC1. The van der Waals surface area contributed by atoms with Crippen molar-refractivity contribution in [2.45, 2.75) is 27.7 Å². The van der Waals surface area contributed by atoms with Gasteiger partial charge in [-0.3, -0.25) is 48.4 Å². The average molecular weight is 1750 g/mol. The van der Waals surface area contributed by atoms with Crippen LogP contribution in [0, 0.1) is 39.3 Å². The summed E-state index contributed by atoms with van der Waals surface area (Å²) in [5.74, 6) is 2.31. The Morgan fingerprint density at radius 1 is 0.385 bits per heavy atom. The second kappa shape index (κ2) is 34.1. The number of carbonyl (C=O) groups excluding carboxylic acids is 4. The molecule has 16 aromatic rings. The summed E-state index contributed by atoms with van der Waals surface area (Å²) in [6.45, 7) is 32.6. The Hall–Kier alpha value is -12.6. The molecule has 4 N–H and O–H groups in total. The van der Waals surface area contributed by atoms with Gasteiger partial charge in [0.15, 0.2) is 17.3 Å². The Bertz CT molecular complexity index is 6460. The summed E-state index contributed by atoms with van der Waals surface area (Å²) < 4.78 is 46.1. The van der Waals surface area contributed by atoms with Gasteiger partial charge in [0, 0.05) is 188 Å². The highest BCUT2D eigenvalue weighted by atomic mass is 35.5. The average Bonchev–Trinajstić information content (AvgIpc) is 1.37. The zero-order valence-electron chi connectivity index (χ0n) is 66.8. The molecule has 20 rings (SSSR count). The Balaban J connectivity index is 0.000000116. The first-order valence-electron chi connectivity index (χ1n) is 39.4. The number of nitrogens with one attached hydrogen (secondary N) is 4. The van der Waals surface area contributed by atoms with E-state index in [0.29, 0.717) is 131 Å². The standard InChI is InChI=1S/C22H20ClFN6O.C22H19ClFN5OS.C22H21ClN6O.C22H20ClN5OS/c1-3-18(31)29-8-6-28(7-9-29)17-11-25-22-21(24)20(15(23)12-30(17)22)19-13(2)4-5-16-14(19)10-26-27-16;1-3-17(30)28-6-8-29(9-7-28)22-13-10-15(23)19(20(24)21(13)31-27-22)18-12(2)4-5-16-14(18)11-25-26-16;1-3-21(30)28-8-6-27(7-9-28)20-12-24-19-10-15(17(23)13-29(19)20)22-14(2)4-5-18-16(22)11-25-26-18;1-3-20(29)27-6-8-28(9-7-27)22-15-10-17(23)14(11-19(15)30-26-22)21-13(2)4-5-18-16(21)12-24-25-18/h3-5,10-12H,1,6-9H2,2H3,(H,26,27);3-5,10-11H,1,6-9H2,2H3,(H,25,26);3-5,10-13H,1,6-9H2,2H3,(H,25,26);3-5,10-12H,1,6-9H2,2H3,(H,24,25). The highest BCUT2D eigenvalue weighted by molar-refractivity contribution is 7.14. The summed E-state index contributed by atoms with van der Waals surface area (Å²) in [7, 11) is 0. The molecule has 0 saturated carbocycles. The highest BCUT2D eigenvalue weighted by Gasteiger charge is 2.32. The summed E-state index contributed by atoms with van der Waals surface area (Å²) in [5.41, 5.74) is 15.0. The Morgan fingerprint density at radius 3 is 1.20 bits per heavy atom. The molecule has 0 atom stereocenters. The summed E-state index contributed by atoms with van der Waals surface area (Å²) >= 11 is 29.5. The number of anilines is 4. The first-order valence-corrected chi connectivity index (χ1v) is 42.4. The maximum atomic E-state index is 15.8. The maximum absolute atomic E-state index is 15.8. The number of piperazine rings is 4. The minimum Gasteiger partial charge on any atom is -0.353 e. The van der Waals surface area contributed by atoms with Crippen molar-refractivity contribution in [1.29, 1.82) is 0 Å². The molecule has 4 amide bonds. The lowest BCUT2D eigenvalue weighted by Gasteiger charge is -2.35. The molecule has 0 unspecified atom stereocenters.